The summed E-state index contributed by atoms with van der Waals surface area (Å²) in [6.45, 7) is 3.14. The average molecular weight is 257 g/mol. The fourth-order valence-corrected chi connectivity index (χ4v) is 2.55. The molecular weight excluding hydrogens is 238 g/mol. The molecule has 2 heterocycles. The third-order valence-corrected chi connectivity index (χ3v) is 3.54. The Labute approximate surface area is 113 Å². The van der Waals surface area contributed by atoms with Gasteiger partial charge in [0.15, 0.2) is 5.82 Å². The maximum atomic E-state index is 5.38. The van der Waals surface area contributed by atoms with E-state index in [4.69, 9.17) is 4.52 Å². The van der Waals surface area contributed by atoms with Crippen LogP contribution in [0.15, 0.2) is 28.8 Å². The third kappa shape index (κ3) is 3.01. The Balaban J connectivity index is 1.70. The van der Waals surface area contributed by atoms with E-state index in [2.05, 4.69) is 46.6 Å². The summed E-state index contributed by atoms with van der Waals surface area (Å²) < 4.78 is 5.38. The molecule has 19 heavy (non-hydrogen) atoms. The molecule has 0 unspecified atom stereocenters. The zero-order chi connectivity index (χ0) is 13.1. The number of nitrogens with one attached hydrogen (secondary N) is 1. The molecule has 1 N–H and O–H groups in total. The summed E-state index contributed by atoms with van der Waals surface area (Å²) in [6, 6.07) is 8.66. The summed E-state index contributed by atoms with van der Waals surface area (Å²) in [5.74, 6) is 1.51. The first-order valence-electron chi connectivity index (χ1n) is 6.93. The summed E-state index contributed by atoms with van der Waals surface area (Å²) in [4.78, 5) is 4.52. The lowest BCUT2D eigenvalue weighted by atomic mass is 10.1. The van der Waals surface area contributed by atoms with Gasteiger partial charge in [-0.2, -0.15) is 4.98 Å². The third-order valence-electron chi connectivity index (χ3n) is 3.54. The zero-order valence-electron chi connectivity index (χ0n) is 11.2. The van der Waals surface area contributed by atoms with Gasteiger partial charge in [-0.3, -0.25) is 0 Å². The van der Waals surface area contributed by atoms with Gasteiger partial charge in [0.25, 0.3) is 0 Å². The van der Waals surface area contributed by atoms with Crippen molar-refractivity contribution >= 4 is 0 Å². The van der Waals surface area contributed by atoms with Crippen LogP contribution in [0.1, 0.15) is 48.1 Å². The molecular formula is C15H19N3O. The Morgan fingerprint density at radius 1 is 1.37 bits per heavy atom. The first-order chi connectivity index (χ1) is 9.31. The minimum absolute atomic E-state index is 0.243. The van der Waals surface area contributed by atoms with Crippen LogP contribution in [-0.2, 0) is 6.42 Å². The highest BCUT2D eigenvalue weighted by molar-refractivity contribution is 5.24. The van der Waals surface area contributed by atoms with Crippen LogP contribution >= 0.6 is 0 Å². The number of aryl methyl sites for hydroxylation is 1. The predicted octanol–water partition coefficient (Wildman–Crippen LogP) is 2.78. The molecule has 1 saturated heterocycles. The van der Waals surface area contributed by atoms with Crippen molar-refractivity contribution in [3.05, 3.63) is 47.1 Å². The number of rotatable bonds is 3. The monoisotopic (exact) mass is 257 g/mol. The van der Waals surface area contributed by atoms with Gasteiger partial charge in [-0.05, 0) is 31.9 Å². The van der Waals surface area contributed by atoms with E-state index in [9.17, 15) is 0 Å². The molecule has 1 atom stereocenters. The molecule has 4 nitrogen and oxygen atoms in total. The van der Waals surface area contributed by atoms with E-state index < -0.39 is 0 Å². The van der Waals surface area contributed by atoms with Crippen LogP contribution in [0.3, 0.4) is 0 Å². The maximum Gasteiger partial charge on any atom is 0.243 e. The van der Waals surface area contributed by atoms with E-state index in [0.29, 0.717) is 0 Å². The highest BCUT2D eigenvalue weighted by Gasteiger charge is 2.20. The van der Waals surface area contributed by atoms with Crippen LogP contribution in [0, 0.1) is 6.92 Å². The molecule has 1 aromatic carbocycles. The van der Waals surface area contributed by atoms with Crippen molar-refractivity contribution in [1.29, 1.82) is 0 Å². The summed E-state index contributed by atoms with van der Waals surface area (Å²) in [7, 11) is 0. The summed E-state index contributed by atoms with van der Waals surface area (Å²) in [5.41, 5.74) is 2.49. The predicted molar refractivity (Wildman–Crippen MR) is 72.9 cm³/mol. The van der Waals surface area contributed by atoms with Gasteiger partial charge in [-0.25, -0.2) is 0 Å². The smallest absolute Gasteiger partial charge is 0.243 e. The van der Waals surface area contributed by atoms with Crippen molar-refractivity contribution in [2.45, 2.75) is 38.6 Å². The van der Waals surface area contributed by atoms with Crippen LogP contribution in [0.2, 0.25) is 0 Å². The summed E-state index contributed by atoms with van der Waals surface area (Å²) in [5, 5.41) is 7.52. The Morgan fingerprint density at radius 3 is 3.11 bits per heavy atom. The quantitative estimate of drug-likeness (QED) is 0.918. The van der Waals surface area contributed by atoms with E-state index in [0.717, 1.165) is 31.1 Å². The molecule has 0 saturated carbocycles. The second kappa shape index (κ2) is 5.53. The first kappa shape index (κ1) is 12.4. The second-order valence-electron chi connectivity index (χ2n) is 5.22. The fourth-order valence-electron chi connectivity index (χ4n) is 2.55. The van der Waals surface area contributed by atoms with Gasteiger partial charge < -0.3 is 9.84 Å². The molecule has 2 aromatic rings. The standard InChI is InChI=1S/C15H19N3O/c1-11-5-4-6-12(9-11)10-14-17-15(19-18-14)13-7-2-3-8-16-13/h4-6,9,13,16H,2-3,7-8,10H2,1H3/t13-/m1/s1. The first-order valence-corrected chi connectivity index (χ1v) is 6.93. The highest BCUT2D eigenvalue weighted by Crippen LogP contribution is 2.21. The minimum Gasteiger partial charge on any atom is -0.338 e. The van der Waals surface area contributed by atoms with Gasteiger partial charge in [0, 0.05) is 6.42 Å². The highest BCUT2D eigenvalue weighted by atomic mass is 16.5. The molecule has 1 aliphatic rings. The van der Waals surface area contributed by atoms with Gasteiger partial charge in [-0.15, -0.1) is 0 Å². The van der Waals surface area contributed by atoms with Crippen LogP contribution in [0.5, 0.6) is 0 Å². The van der Waals surface area contributed by atoms with Crippen LogP contribution < -0.4 is 5.32 Å². The number of hydrogen-bond donors (Lipinski definition) is 1. The Morgan fingerprint density at radius 2 is 2.32 bits per heavy atom. The molecule has 100 valence electrons. The minimum atomic E-state index is 0.243. The van der Waals surface area contributed by atoms with Crippen LogP contribution in [0.25, 0.3) is 0 Å². The van der Waals surface area contributed by atoms with E-state index >= 15 is 0 Å². The van der Waals surface area contributed by atoms with Crippen molar-refractivity contribution in [2.24, 2.45) is 0 Å². The number of piperidine rings is 1. The molecule has 1 aromatic heterocycles. The van der Waals surface area contributed by atoms with Gasteiger partial charge in [0.05, 0.1) is 6.04 Å². The molecule has 0 bridgehead atoms. The Bertz CT molecular complexity index is 544. The van der Waals surface area contributed by atoms with Crippen LogP contribution in [-0.4, -0.2) is 16.7 Å². The Kier molecular flexibility index (Phi) is 3.60. The van der Waals surface area contributed by atoms with E-state index in [1.54, 1.807) is 0 Å². The molecule has 0 spiro atoms. The fraction of sp³-hybridized carbons (Fsp3) is 0.467. The molecule has 1 aliphatic heterocycles. The Hall–Kier alpha value is -1.68. The lowest BCUT2D eigenvalue weighted by Crippen LogP contribution is -2.27. The van der Waals surface area contributed by atoms with Crippen molar-refractivity contribution in [3.8, 4) is 0 Å². The van der Waals surface area contributed by atoms with Crippen LogP contribution in [0.4, 0.5) is 0 Å². The van der Waals surface area contributed by atoms with Crippen molar-refractivity contribution in [3.63, 3.8) is 0 Å². The van der Waals surface area contributed by atoms with Gasteiger partial charge in [0.1, 0.15) is 0 Å². The molecule has 3 rings (SSSR count). The van der Waals surface area contributed by atoms with E-state index in [1.165, 1.54) is 24.0 Å². The normalized spacial score (nSPS) is 19.5. The molecule has 1 fully saturated rings. The molecule has 4 heteroatoms. The number of hydrogen-bond acceptors (Lipinski definition) is 4. The van der Waals surface area contributed by atoms with Crippen molar-refractivity contribution in [2.75, 3.05) is 6.54 Å². The SMILES string of the molecule is Cc1cccc(Cc2noc([C@H]3CCCCN3)n2)c1. The number of aromatic nitrogens is 2. The average Bonchev–Trinajstić information content (AvgIpc) is 2.88. The zero-order valence-corrected chi connectivity index (χ0v) is 11.2. The lowest BCUT2D eigenvalue weighted by Gasteiger charge is -2.19. The number of benzene rings is 1. The van der Waals surface area contributed by atoms with Gasteiger partial charge in [-0.1, -0.05) is 41.4 Å². The molecule has 0 radical (unpaired) electrons. The lowest BCUT2D eigenvalue weighted by molar-refractivity contribution is 0.296. The van der Waals surface area contributed by atoms with Crippen molar-refractivity contribution in [1.82, 2.24) is 15.5 Å². The van der Waals surface area contributed by atoms with E-state index in [-0.39, 0.29) is 6.04 Å². The topological polar surface area (TPSA) is 51.0 Å². The van der Waals surface area contributed by atoms with Gasteiger partial charge in [0.2, 0.25) is 5.89 Å². The van der Waals surface area contributed by atoms with Crippen molar-refractivity contribution < 1.29 is 4.52 Å². The summed E-state index contributed by atoms with van der Waals surface area (Å²) >= 11 is 0. The maximum absolute atomic E-state index is 5.38. The molecule has 0 aliphatic carbocycles. The largest absolute Gasteiger partial charge is 0.338 e. The van der Waals surface area contributed by atoms with E-state index in [1.807, 2.05) is 0 Å². The summed E-state index contributed by atoms with van der Waals surface area (Å²) in [6.07, 6.45) is 4.29. The molecule has 0 amide bonds. The van der Waals surface area contributed by atoms with Gasteiger partial charge >= 0.3 is 0 Å². The number of nitrogens with zero attached hydrogens (tertiary/aromatic N) is 2. The second-order valence-corrected chi connectivity index (χ2v) is 5.22.